The van der Waals surface area contributed by atoms with Crippen LogP contribution in [-0.4, -0.2) is 48.7 Å². The molecule has 0 aliphatic carbocycles. The van der Waals surface area contributed by atoms with Crippen molar-refractivity contribution in [3.63, 3.8) is 0 Å². The summed E-state index contributed by atoms with van der Waals surface area (Å²) < 4.78 is 18.7. The highest BCUT2D eigenvalue weighted by molar-refractivity contribution is 9.10. The lowest BCUT2D eigenvalue weighted by atomic mass is 10.2. The van der Waals surface area contributed by atoms with Crippen LogP contribution in [0.15, 0.2) is 27.9 Å². The van der Waals surface area contributed by atoms with Crippen LogP contribution in [0.3, 0.4) is 0 Å². The van der Waals surface area contributed by atoms with Gasteiger partial charge < -0.3 is 20.1 Å². The molecule has 0 aromatic heterocycles. The molecule has 124 valence electrons. The Morgan fingerprint density at radius 1 is 1.52 bits per heavy atom. The number of benzene rings is 1. The van der Waals surface area contributed by atoms with Gasteiger partial charge >= 0.3 is 5.97 Å². The van der Waals surface area contributed by atoms with E-state index in [0.717, 1.165) is 0 Å². The molecule has 0 bridgehead atoms. The lowest BCUT2D eigenvalue weighted by Gasteiger charge is -2.15. The van der Waals surface area contributed by atoms with E-state index in [1.807, 2.05) is 0 Å². The van der Waals surface area contributed by atoms with Crippen LogP contribution < -0.4 is 5.32 Å². The number of esters is 1. The monoisotopic (exact) mass is 386 g/mol. The van der Waals surface area contributed by atoms with Gasteiger partial charge in [-0.2, -0.15) is 0 Å². The van der Waals surface area contributed by atoms with E-state index in [2.05, 4.69) is 21.2 Å². The van der Waals surface area contributed by atoms with Crippen LogP contribution >= 0.6 is 15.9 Å². The SMILES string of the molecule is COC(=O)C1=C(Nc2cc(C)cc(F)c2Br)C(=O)N(CCO)C1. The zero-order valence-corrected chi connectivity index (χ0v) is 14.2. The van der Waals surface area contributed by atoms with Crippen molar-refractivity contribution in [3.8, 4) is 0 Å². The number of aliphatic hydroxyl groups excluding tert-OH is 1. The van der Waals surface area contributed by atoms with Gasteiger partial charge in [-0.25, -0.2) is 9.18 Å². The number of ether oxygens (including phenoxy) is 1. The number of halogens is 2. The summed E-state index contributed by atoms with van der Waals surface area (Å²) in [7, 11) is 1.22. The van der Waals surface area contributed by atoms with Crippen molar-refractivity contribution in [2.45, 2.75) is 6.92 Å². The van der Waals surface area contributed by atoms with Crippen LogP contribution in [0.4, 0.5) is 10.1 Å². The van der Waals surface area contributed by atoms with Crippen molar-refractivity contribution >= 4 is 33.5 Å². The maximum Gasteiger partial charge on any atom is 0.337 e. The molecule has 0 fully saturated rings. The first-order chi connectivity index (χ1) is 10.9. The predicted octanol–water partition coefficient (Wildman–Crippen LogP) is 1.57. The molecule has 0 saturated carbocycles. The van der Waals surface area contributed by atoms with Gasteiger partial charge in [-0.3, -0.25) is 4.79 Å². The number of methoxy groups -OCH3 is 1. The summed E-state index contributed by atoms with van der Waals surface area (Å²) >= 11 is 3.12. The van der Waals surface area contributed by atoms with Gasteiger partial charge in [-0.05, 0) is 40.5 Å². The van der Waals surface area contributed by atoms with E-state index in [1.54, 1.807) is 13.0 Å². The van der Waals surface area contributed by atoms with E-state index in [-0.39, 0.29) is 35.4 Å². The fourth-order valence-corrected chi connectivity index (χ4v) is 2.63. The van der Waals surface area contributed by atoms with Crippen LogP contribution in [0, 0.1) is 12.7 Å². The van der Waals surface area contributed by atoms with E-state index in [4.69, 9.17) is 9.84 Å². The molecule has 8 heteroatoms. The molecule has 1 aromatic rings. The zero-order valence-electron chi connectivity index (χ0n) is 12.7. The van der Waals surface area contributed by atoms with E-state index < -0.39 is 17.7 Å². The standard InChI is InChI=1S/C15H16BrFN2O4/c1-8-5-10(17)12(16)11(6-8)18-13-9(15(22)23-2)7-19(3-4-20)14(13)21/h5-6,18,20H,3-4,7H2,1-2H3. The van der Waals surface area contributed by atoms with Gasteiger partial charge in [0.15, 0.2) is 0 Å². The molecule has 0 radical (unpaired) electrons. The lowest BCUT2D eigenvalue weighted by Crippen LogP contribution is -2.31. The molecule has 1 amide bonds. The fraction of sp³-hybridized carbons (Fsp3) is 0.333. The summed E-state index contributed by atoms with van der Waals surface area (Å²) in [6, 6.07) is 3.00. The van der Waals surface area contributed by atoms with Gasteiger partial charge in [0.1, 0.15) is 11.5 Å². The largest absolute Gasteiger partial charge is 0.466 e. The number of carbonyl (C=O) groups excluding carboxylic acids is 2. The minimum atomic E-state index is -0.648. The first kappa shape index (κ1) is 17.4. The number of hydrogen-bond acceptors (Lipinski definition) is 5. The summed E-state index contributed by atoms with van der Waals surface area (Å²) in [5.74, 6) is -1.58. The van der Waals surface area contributed by atoms with Crippen LogP contribution in [0.25, 0.3) is 0 Å². The van der Waals surface area contributed by atoms with Gasteiger partial charge in [-0.1, -0.05) is 0 Å². The predicted molar refractivity (Wildman–Crippen MR) is 85.2 cm³/mol. The number of amides is 1. The normalized spacial score (nSPS) is 14.5. The minimum Gasteiger partial charge on any atom is -0.466 e. The Labute approximate surface area is 141 Å². The number of rotatable bonds is 5. The van der Waals surface area contributed by atoms with Gasteiger partial charge in [0.2, 0.25) is 0 Å². The van der Waals surface area contributed by atoms with Crippen molar-refractivity contribution in [3.05, 3.63) is 39.3 Å². The molecule has 0 unspecified atom stereocenters. The molecular weight excluding hydrogens is 371 g/mol. The van der Waals surface area contributed by atoms with Crippen LogP contribution in [0.1, 0.15) is 5.56 Å². The van der Waals surface area contributed by atoms with Gasteiger partial charge in [0.05, 0.1) is 36.0 Å². The summed E-state index contributed by atoms with van der Waals surface area (Å²) in [5.41, 5.74) is 1.15. The highest BCUT2D eigenvalue weighted by Crippen LogP contribution is 2.30. The number of hydrogen-bond donors (Lipinski definition) is 2. The topological polar surface area (TPSA) is 78.9 Å². The zero-order chi connectivity index (χ0) is 17.1. The Bertz CT molecular complexity index is 690. The average molecular weight is 387 g/mol. The van der Waals surface area contributed by atoms with Crippen LogP contribution in [0.5, 0.6) is 0 Å². The molecule has 1 aliphatic rings. The van der Waals surface area contributed by atoms with Crippen LogP contribution in [-0.2, 0) is 14.3 Å². The molecule has 0 atom stereocenters. The van der Waals surface area contributed by atoms with Crippen molar-refractivity contribution in [1.29, 1.82) is 0 Å². The minimum absolute atomic E-state index is 0.0241. The second-order valence-electron chi connectivity index (χ2n) is 5.03. The summed E-state index contributed by atoms with van der Waals surface area (Å²) in [6.07, 6.45) is 0. The molecule has 1 aliphatic heterocycles. The fourth-order valence-electron chi connectivity index (χ4n) is 2.30. The number of β-amino-alcohol motifs (C(OH)–C–C–N with tert-alkyl or cyclic N) is 1. The lowest BCUT2D eigenvalue weighted by molar-refractivity contribution is -0.136. The number of nitrogens with one attached hydrogen (secondary N) is 1. The Balaban J connectivity index is 2.41. The van der Waals surface area contributed by atoms with E-state index in [0.29, 0.717) is 11.3 Å². The molecule has 6 nitrogen and oxygen atoms in total. The van der Waals surface area contributed by atoms with Crippen molar-refractivity contribution in [1.82, 2.24) is 4.90 Å². The molecule has 1 heterocycles. The number of aryl methyl sites for hydroxylation is 1. The maximum absolute atomic E-state index is 13.8. The summed E-state index contributed by atoms with van der Waals surface area (Å²) in [5, 5.41) is 11.8. The Hall–Kier alpha value is -1.93. The average Bonchev–Trinajstić information content (AvgIpc) is 2.81. The third-order valence-corrected chi connectivity index (χ3v) is 4.19. The third kappa shape index (κ3) is 3.53. The number of carbonyl (C=O) groups is 2. The van der Waals surface area contributed by atoms with Gasteiger partial charge in [0.25, 0.3) is 5.91 Å². The molecule has 0 spiro atoms. The van der Waals surface area contributed by atoms with Crippen molar-refractivity contribution in [2.24, 2.45) is 0 Å². The number of aliphatic hydroxyl groups is 1. The second kappa shape index (κ2) is 7.10. The first-order valence-electron chi connectivity index (χ1n) is 6.83. The Morgan fingerprint density at radius 2 is 2.22 bits per heavy atom. The molecule has 2 N–H and O–H groups in total. The highest BCUT2D eigenvalue weighted by atomic mass is 79.9. The highest BCUT2D eigenvalue weighted by Gasteiger charge is 2.34. The van der Waals surface area contributed by atoms with E-state index in [1.165, 1.54) is 18.1 Å². The second-order valence-corrected chi connectivity index (χ2v) is 5.82. The number of anilines is 1. The quantitative estimate of drug-likeness (QED) is 0.750. The molecule has 2 rings (SSSR count). The van der Waals surface area contributed by atoms with Crippen LogP contribution in [0.2, 0.25) is 0 Å². The smallest absolute Gasteiger partial charge is 0.337 e. The Kier molecular flexibility index (Phi) is 5.38. The van der Waals surface area contributed by atoms with Gasteiger partial charge in [-0.15, -0.1) is 0 Å². The first-order valence-corrected chi connectivity index (χ1v) is 7.62. The summed E-state index contributed by atoms with van der Waals surface area (Å²) in [6.45, 7) is 1.61. The molecular formula is C15H16BrFN2O4. The van der Waals surface area contributed by atoms with E-state index in [9.17, 15) is 14.0 Å². The van der Waals surface area contributed by atoms with Crippen molar-refractivity contribution in [2.75, 3.05) is 32.1 Å². The maximum atomic E-state index is 13.8. The Morgan fingerprint density at radius 3 is 2.83 bits per heavy atom. The van der Waals surface area contributed by atoms with Gasteiger partial charge in [0, 0.05) is 6.54 Å². The van der Waals surface area contributed by atoms with Crippen molar-refractivity contribution < 1.29 is 23.8 Å². The third-order valence-electron chi connectivity index (χ3n) is 3.39. The summed E-state index contributed by atoms with van der Waals surface area (Å²) in [4.78, 5) is 25.6. The molecule has 23 heavy (non-hydrogen) atoms. The van der Waals surface area contributed by atoms with E-state index >= 15 is 0 Å². The molecule has 1 aromatic carbocycles. The number of nitrogens with zero attached hydrogens (tertiary/aromatic N) is 1. The molecule has 0 saturated heterocycles.